The Hall–Kier alpha value is -2.38. The zero-order chi connectivity index (χ0) is 18.0. The average Bonchev–Trinajstić information content (AvgIpc) is 3.03. The Bertz CT molecular complexity index is 993. The van der Waals surface area contributed by atoms with Crippen molar-refractivity contribution in [3.8, 4) is 11.1 Å². The van der Waals surface area contributed by atoms with E-state index in [9.17, 15) is 14.7 Å². The third kappa shape index (κ3) is 3.38. The average molecular weight is 371 g/mol. The molecule has 128 valence electrons. The maximum Gasteiger partial charge on any atom is 0.263 e. The summed E-state index contributed by atoms with van der Waals surface area (Å²) in [7, 11) is 0. The van der Waals surface area contributed by atoms with E-state index in [0.29, 0.717) is 15.4 Å². The monoisotopic (exact) mass is 371 g/mol. The Morgan fingerprint density at radius 3 is 2.80 bits per heavy atom. The van der Waals surface area contributed by atoms with Gasteiger partial charge in [-0.2, -0.15) is 0 Å². The van der Waals surface area contributed by atoms with Crippen molar-refractivity contribution >= 4 is 39.3 Å². The Kier molecular flexibility index (Phi) is 5.06. The summed E-state index contributed by atoms with van der Waals surface area (Å²) in [6.07, 6.45) is 1.59. The summed E-state index contributed by atoms with van der Waals surface area (Å²) >= 11 is 2.37. The molecule has 3 rings (SSSR count). The molecular weight excluding hydrogens is 356 g/mol. The van der Waals surface area contributed by atoms with E-state index in [0.717, 1.165) is 22.9 Å². The predicted molar refractivity (Wildman–Crippen MR) is 99.8 cm³/mol. The minimum absolute atomic E-state index is 0.196. The summed E-state index contributed by atoms with van der Waals surface area (Å²) in [6.45, 7) is 5.45. The van der Waals surface area contributed by atoms with Gasteiger partial charge in [0.1, 0.15) is 4.83 Å². The van der Waals surface area contributed by atoms with Crippen LogP contribution in [0.4, 0.5) is 0 Å². The molecule has 2 heterocycles. The summed E-state index contributed by atoms with van der Waals surface area (Å²) in [5, 5.41) is 13.0. The number of carbonyl (C=O) groups excluding carboxylic acids is 1. The standard InChI is InChI=1S/C18H16N2O3S2/c1-3-9-20-16(21)14-13(12-7-5-4-6-8-12)10-24-15(14)19-18(20)25-11(2)17(22)23/h3-8,10-11H,1,9H2,2H3,(H,22,23)/p-1/t11-/m1/s1. The van der Waals surface area contributed by atoms with Crippen molar-refractivity contribution in [3.05, 3.63) is 58.7 Å². The van der Waals surface area contributed by atoms with Gasteiger partial charge in [-0.25, -0.2) is 4.98 Å². The van der Waals surface area contributed by atoms with Gasteiger partial charge in [0.15, 0.2) is 5.16 Å². The number of thioether (sulfide) groups is 1. The lowest BCUT2D eigenvalue weighted by Crippen LogP contribution is -2.32. The Morgan fingerprint density at radius 1 is 1.44 bits per heavy atom. The molecule has 0 aliphatic heterocycles. The van der Waals surface area contributed by atoms with Gasteiger partial charge >= 0.3 is 0 Å². The highest BCUT2D eigenvalue weighted by Crippen LogP contribution is 2.32. The zero-order valence-electron chi connectivity index (χ0n) is 13.5. The molecule has 0 amide bonds. The number of carboxylic acid groups (broad SMARTS) is 1. The van der Waals surface area contributed by atoms with Crippen LogP contribution in [0.2, 0.25) is 0 Å². The van der Waals surface area contributed by atoms with Crippen LogP contribution in [0.3, 0.4) is 0 Å². The van der Waals surface area contributed by atoms with E-state index in [1.54, 1.807) is 6.08 Å². The van der Waals surface area contributed by atoms with Gasteiger partial charge < -0.3 is 9.90 Å². The van der Waals surface area contributed by atoms with Crippen molar-refractivity contribution in [2.24, 2.45) is 0 Å². The number of aromatic nitrogens is 2. The number of allylic oxidation sites excluding steroid dienone is 1. The van der Waals surface area contributed by atoms with Crippen LogP contribution < -0.4 is 10.7 Å². The van der Waals surface area contributed by atoms with Crippen molar-refractivity contribution in [2.45, 2.75) is 23.9 Å². The minimum Gasteiger partial charge on any atom is -0.549 e. The molecule has 1 atom stereocenters. The van der Waals surface area contributed by atoms with E-state index in [1.165, 1.54) is 22.8 Å². The Labute approximate surface area is 152 Å². The Morgan fingerprint density at radius 2 is 2.16 bits per heavy atom. The van der Waals surface area contributed by atoms with E-state index in [4.69, 9.17) is 0 Å². The molecule has 25 heavy (non-hydrogen) atoms. The number of nitrogens with zero attached hydrogens (tertiary/aromatic N) is 2. The highest BCUT2D eigenvalue weighted by molar-refractivity contribution is 8.00. The third-order valence-electron chi connectivity index (χ3n) is 3.67. The number of hydrogen-bond acceptors (Lipinski definition) is 6. The van der Waals surface area contributed by atoms with Crippen LogP contribution >= 0.6 is 23.1 Å². The lowest BCUT2D eigenvalue weighted by molar-refractivity contribution is -0.304. The first kappa shape index (κ1) is 17.4. The molecule has 5 nitrogen and oxygen atoms in total. The summed E-state index contributed by atoms with van der Waals surface area (Å²) < 4.78 is 1.46. The van der Waals surface area contributed by atoms with Gasteiger partial charge in [-0.3, -0.25) is 9.36 Å². The molecule has 0 aliphatic rings. The molecule has 0 aliphatic carbocycles. The molecule has 0 radical (unpaired) electrons. The van der Waals surface area contributed by atoms with E-state index in [2.05, 4.69) is 11.6 Å². The quantitative estimate of drug-likeness (QED) is 0.378. The molecule has 0 bridgehead atoms. The number of benzene rings is 1. The van der Waals surface area contributed by atoms with Gasteiger partial charge in [0.2, 0.25) is 0 Å². The summed E-state index contributed by atoms with van der Waals surface area (Å²) in [5.41, 5.74) is 1.58. The second kappa shape index (κ2) is 7.25. The van der Waals surface area contributed by atoms with E-state index < -0.39 is 11.2 Å². The van der Waals surface area contributed by atoms with Crippen LogP contribution in [0.15, 0.2) is 58.3 Å². The fraction of sp³-hybridized carbons (Fsp3) is 0.167. The third-order valence-corrected chi connectivity index (χ3v) is 5.61. The zero-order valence-corrected chi connectivity index (χ0v) is 15.1. The van der Waals surface area contributed by atoms with Crippen LogP contribution in [-0.4, -0.2) is 20.8 Å². The molecule has 3 aromatic rings. The summed E-state index contributed by atoms with van der Waals surface area (Å²) in [6, 6.07) is 9.64. The molecule has 1 aromatic carbocycles. The molecule has 0 unspecified atom stereocenters. The van der Waals surface area contributed by atoms with Gasteiger partial charge in [0, 0.05) is 22.7 Å². The van der Waals surface area contributed by atoms with Crippen LogP contribution in [0.1, 0.15) is 6.92 Å². The lowest BCUT2D eigenvalue weighted by atomic mass is 10.1. The SMILES string of the molecule is C=CCn1c(S[C@H](C)C(=O)[O-])nc2scc(-c3ccccc3)c2c1=O. The summed E-state index contributed by atoms with van der Waals surface area (Å²) in [4.78, 5) is 29.2. The van der Waals surface area contributed by atoms with Gasteiger partial charge in [-0.05, 0) is 12.5 Å². The first-order chi connectivity index (χ1) is 12.0. The highest BCUT2D eigenvalue weighted by atomic mass is 32.2. The number of hydrogen-bond donors (Lipinski definition) is 0. The number of fused-ring (bicyclic) bond motifs is 1. The molecule has 2 aromatic heterocycles. The maximum absolute atomic E-state index is 13.1. The fourth-order valence-corrected chi connectivity index (χ4v) is 4.26. The number of thiophene rings is 1. The van der Waals surface area contributed by atoms with Crippen molar-refractivity contribution in [3.63, 3.8) is 0 Å². The molecular formula is C18H15N2O3S2-. The van der Waals surface area contributed by atoms with Crippen LogP contribution in [0, 0.1) is 0 Å². The van der Waals surface area contributed by atoms with Crippen LogP contribution in [0.5, 0.6) is 0 Å². The summed E-state index contributed by atoms with van der Waals surface area (Å²) in [5.74, 6) is -1.19. The van der Waals surface area contributed by atoms with Crippen LogP contribution in [0.25, 0.3) is 21.3 Å². The van der Waals surface area contributed by atoms with Gasteiger partial charge in [-0.1, -0.05) is 48.2 Å². The van der Waals surface area contributed by atoms with Crippen molar-refractivity contribution in [2.75, 3.05) is 0 Å². The topological polar surface area (TPSA) is 75.0 Å². The van der Waals surface area contributed by atoms with E-state index in [-0.39, 0.29) is 12.1 Å². The first-order valence-electron chi connectivity index (χ1n) is 7.58. The fourth-order valence-electron chi connectivity index (χ4n) is 2.42. The van der Waals surface area contributed by atoms with E-state index in [1.807, 2.05) is 35.7 Å². The minimum atomic E-state index is -1.19. The normalized spacial score (nSPS) is 12.2. The number of aliphatic carboxylic acids is 1. The molecule has 7 heteroatoms. The largest absolute Gasteiger partial charge is 0.549 e. The van der Waals surface area contributed by atoms with Crippen LogP contribution in [-0.2, 0) is 11.3 Å². The maximum atomic E-state index is 13.1. The Balaban J connectivity index is 2.21. The van der Waals surface area contributed by atoms with Gasteiger partial charge in [0.25, 0.3) is 5.56 Å². The number of carbonyl (C=O) groups is 1. The van der Waals surface area contributed by atoms with Crippen molar-refractivity contribution in [1.82, 2.24) is 9.55 Å². The molecule has 0 saturated carbocycles. The van der Waals surface area contributed by atoms with Gasteiger partial charge in [0.05, 0.1) is 11.4 Å². The second-order valence-corrected chi connectivity index (χ2v) is 7.54. The van der Waals surface area contributed by atoms with Crippen molar-refractivity contribution < 1.29 is 9.90 Å². The number of carboxylic acids is 1. The van der Waals surface area contributed by atoms with E-state index >= 15 is 0 Å². The highest BCUT2D eigenvalue weighted by Gasteiger charge is 2.18. The van der Waals surface area contributed by atoms with Crippen molar-refractivity contribution in [1.29, 1.82) is 0 Å². The number of rotatable bonds is 6. The second-order valence-electron chi connectivity index (χ2n) is 5.37. The smallest absolute Gasteiger partial charge is 0.263 e. The molecule has 0 N–H and O–H groups in total. The molecule has 0 saturated heterocycles. The lowest BCUT2D eigenvalue weighted by Gasteiger charge is -2.15. The predicted octanol–water partition coefficient (Wildman–Crippen LogP) is 2.54. The molecule has 0 fully saturated rings. The van der Waals surface area contributed by atoms with Gasteiger partial charge in [-0.15, -0.1) is 17.9 Å². The molecule has 0 spiro atoms. The first-order valence-corrected chi connectivity index (χ1v) is 9.34.